The van der Waals surface area contributed by atoms with Gasteiger partial charge < -0.3 is 72.7 Å². The predicted molar refractivity (Wildman–Crippen MR) is 430 cm³/mol. The molecule has 0 aromatic carbocycles. The van der Waals surface area contributed by atoms with Crippen LogP contribution in [0.4, 0.5) is 0 Å². The Morgan fingerprint density at radius 1 is 0.491 bits per heavy atom. The first-order valence-electron chi connectivity index (χ1n) is 35.2. The highest BCUT2D eigenvalue weighted by atomic mass is 35.5. The van der Waals surface area contributed by atoms with Gasteiger partial charge in [-0.2, -0.15) is 8.62 Å². The van der Waals surface area contributed by atoms with E-state index in [2.05, 4.69) is 84.8 Å². The molecule has 8 N–H and O–H groups in total. The van der Waals surface area contributed by atoms with E-state index in [1.807, 2.05) is 93.3 Å². The number of H-pyrrole nitrogens is 1. The van der Waals surface area contributed by atoms with Crippen LogP contribution in [0.5, 0.6) is 0 Å². The minimum absolute atomic E-state index is 0.0144. The molecule has 17 atom stereocenters. The first-order chi connectivity index (χ1) is 51.0. The largest absolute Gasteiger partial charge is 0.490 e. The lowest BCUT2D eigenvalue weighted by molar-refractivity contribution is -0.0447. The number of thiophene rings is 5. The molecule has 10 aromatic heterocycles. The number of rotatable bonds is 15. The SMILES string of the molecule is CC[C@H]1OC(Cl)C[C@H]1C.CC[C@H]1O[C@@H](n2ccc3cc(C)sc3c2=O)C[C@H]1C.CC[C@H]1O[C@@H](n2ccc3cc(C)sc3c2=O)C[C@H]1C.Cc1cc2cc[nH]c(=O)c2s1.Cc1cc2ccn([C@H]3C[C@@H](O)[C@@H](CO)O3)c(=S)c2s1.Cc1cc2ccn([C@H]3C[C@@H](O)[C@@H](COP(=O)(O)OP(=O)(O)OP(=O)(O)O)O3)c(=S)c2s1. The Labute approximate surface area is 658 Å². The number of ether oxygens (including phenoxy) is 5. The average molecular weight is 1700 g/mol. The maximum Gasteiger partial charge on any atom is 0.490 e. The van der Waals surface area contributed by atoms with Gasteiger partial charge in [-0.1, -0.05) is 77.6 Å². The van der Waals surface area contributed by atoms with Gasteiger partial charge in [0, 0.05) is 68.2 Å². The number of nitrogens with zero attached hydrogens (tertiary/aromatic N) is 4. The maximum atomic E-state index is 12.5. The number of aromatic amines is 1. The lowest BCUT2D eigenvalue weighted by atomic mass is 10.0. The van der Waals surface area contributed by atoms with Crippen LogP contribution in [-0.4, -0.2) is 120 Å². The highest BCUT2D eigenvalue weighted by Gasteiger charge is 2.44. The molecule has 0 radical (unpaired) electrons. The summed E-state index contributed by atoms with van der Waals surface area (Å²) in [7, 11) is -16.4. The van der Waals surface area contributed by atoms with E-state index in [4.69, 9.17) is 79.5 Å². The average Bonchev–Trinajstić information content (AvgIpc) is 1.64. The minimum Gasteiger partial charge on any atom is -0.394 e. The normalized spacial score (nSPS) is 26.6. The summed E-state index contributed by atoms with van der Waals surface area (Å²) in [6.07, 6.45) is 11.9. The fraction of sp³-hybridized carbons (Fsp3) is 0.507. The second-order valence-electron chi connectivity index (χ2n) is 27.3. The molecule has 15 rings (SSSR count). The second-order valence-corrected chi connectivity index (χ2v) is 39.2. The van der Waals surface area contributed by atoms with Crippen LogP contribution in [0.1, 0.15) is 142 Å². The van der Waals surface area contributed by atoms with Crippen molar-refractivity contribution >= 4 is 167 Å². The number of hydrogen-bond acceptors (Lipinski definition) is 24. The van der Waals surface area contributed by atoms with Crippen molar-refractivity contribution in [3.63, 3.8) is 0 Å². The number of phosphoric acid groups is 3. The molecule has 5 fully saturated rings. The molecule has 0 saturated carbocycles. The summed E-state index contributed by atoms with van der Waals surface area (Å²) in [5.74, 6) is 1.68. The number of phosphoric ester groups is 1. The molecule has 5 aliphatic rings. The number of aryl methyl sites for hydroxylation is 5. The molecule has 37 heteroatoms. The number of aliphatic hydroxyl groups excluding tert-OH is 3. The van der Waals surface area contributed by atoms with Gasteiger partial charge in [-0.05, 0) is 178 Å². The van der Waals surface area contributed by atoms with Gasteiger partial charge in [0.05, 0.1) is 67.2 Å². The van der Waals surface area contributed by atoms with Crippen molar-refractivity contribution in [2.45, 2.75) is 201 Å². The van der Waals surface area contributed by atoms with Crippen LogP contribution in [0, 0.1) is 61.7 Å². The molecule has 3 unspecified atom stereocenters. The number of nitrogens with one attached hydrogen (secondary N) is 1. The number of halogens is 1. The van der Waals surface area contributed by atoms with Gasteiger partial charge in [0.2, 0.25) is 0 Å². The van der Waals surface area contributed by atoms with Crippen LogP contribution in [0.2, 0.25) is 0 Å². The molecule has 10 aromatic rings. The topological polar surface area (TPSA) is 353 Å². The Hall–Kier alpha value is -4.23. The molecule has 5 saturated heterocycles. The highest BCUT2D eigenvalue weighted by Crippen LogP contribution is 2.66. The van der Waals surface area contributed by atoms with Gasteiger partial charge in [0.15, 0.2) is 0 Å². The Kier molecular flexibility index (Phi) is 29.5. The van der Waals surface area contributed by atoms with Crippen LogP contribution in [0.15, 0.2) is 106 Å². The number of aromatic nitrogens is 5. The Morgan fingerprint density at radius 2 is 0.843 bits per heavy atom. The summed E-state index contributed by atoms with van der Waals surface area (Å²) in [6, 6.07) is 20.1. The van der Waals surface area contributed by atoms with E-state index < -0.39 is 60.7 Å². The number of fused-ring (bicyclic) bond motifs is 5. The van der Waals surface area contributed by atoms with E-state index in [0.29, 0.717) is 34.9 Å². The Morgan fingerprint density at radius 3 is 1.21 bits per heavy atom. The van der Waals surface area contributed by atoms with Crippen LogP contribution >= 0.6 is 116 Å². The van der Waals surface area contributed by atoms with Crippen molar-refractivity contribution in [3.8, 4) is 0 Å². The third kappa shape index (κ3) is 21.4. The van der Waals surface area contributed by atoms with Gasteiger partial charge in [0.25, 0.3) is 16.7 Å². The number of alkyl halides is 1. The zero-order valence-electron chi connectivity index (χ0n) is 61.1. The molecule has 0 bridgehead atoms. The first-order valence-corrected chi connectivity index (χ1v) is 45.0. The maximum absolute atomic E-state index is 12.5. The smallest absolute Gasteiger partial charge is 0.394 e. The minimum atomic E-state index is -5.62. The summed E-state index contributed by atoms with van der Waals surface area (Å²) >= 11 is 24.6. The predicted octanol–water partition coefficient (Wildman–Crippen LogP) is 16.8. The van der Waals surface area contributed by atoms with Crippen molar-refractivity contribution in [1.29, 1.82) is 0 Å². The Bertz CT molecular complexity index is 4980. The van der Waals surface area contributed by atoms with Crippen molar-refractivity contribution in [2.24, 2.45) is 17.8 Å². The molecule has 590 valence electrons. The zero-order valence-corrected chi connectivity index (χ0v) is 70.3. The second kappa shape index (κ2) is 36.9. The van der Waals surface area contributed by atoms with E-state index in [1.54, 1.807) is 60.1 Å². The molecular weight excluding hydrogens is 1610 g/mol. The molecule has 108 heavy (non-hydrogen) atoms. The summed E-state index contributed by atoms with van der Waals surface area (Å²) in [6.45, 7) is 22.2. The molecule has 26 nitrogen and oxygen atoms in total. The van der Waals surface area contributed by atoms with Crippen LogP contribution in [0.25, 0.3) is 50.4 Å². The molecule has 0 amide bonds. The monoisotopic (exact) mass is 1700 g/mol. The lowest BCUT2D eigenvalue weighted by Crippen LogP contribution is -2.26. The Balaban J connectivity index is 0.000000144. The lowest BCUT2D eigenvalue weighted by Gasteiger charge is -2.19. The molecule has 0 aliphatic carbocycles. The van der Waals surface area contributed by atoms with Crippen LogP contribution < -0.4 is 16.7 Å². The number of hydrogen-bond donors (Lipinski definition) is 8. The molecule has 5 aliphatic heterocycles. The fourth-order valence-electron chi connectivity index (χ4n) is 13.7. The molecule has 15 heterocycles. The highest BCUT2D eigenvalue weighted by molar-refractivity contribution is 7.72. The van der Waals surface area contributed by atoms with Crippen LogP contribution in [0.3, 0.4) is 0 Å². The van der Waals surface area contributed by atoms with Crippen LogP contribution in [-0.2, 0) is 50.5 Å². The van der Waals surface area contributed by atoms with E-state index in [-0.39, 0.29) is 66.2 Å². The zero-order chi connectivity index (χ0) is 78.6. The van der Waals surface area contributed by atoms with Crippen molar-refractivity contribution < 1.29 is 85.4 Å². The summed E-state index contributed by atoms with van der Waals surface area (Å²) in [5.41, 5.74) is 0.166. The van der Waals surface area contributed by atoms with Gasteiger partial charge in [-0.3, -0.25) is 28.0 Å². The van der Waals surface area contributed by atoms with Crippen molar-refractivity contribution in [2.75, 3.05) is 13.2 Å². The van der Waals surface area contributed by atoms with Gasteiger partial charge in [0.1, 0.15) is 52.0 Å². The fourth-order valence-corrected chi connectivity index (χ4v) is 22.6. The first kappa shape index (κ1) is 86.2. The van der Waals surface area contributed by atoms with Crippen molar-refractivity contribution in [3.05, 3.63) is 156 Å². The van der Waals surface area contributed by atoms with E-state index in [1.165, 1.54) is 42.2 Å². The van der Waals surface area contributed by atoms with Gasteiger partial charge in [-0.15, -0.1) is 56.7 Å². The van der Waals surface area contributed by atoms with Gasteiger partial charge in [-0.25, -0.2) is 13.7 Å². The third-order valence-electron chi connectivity index (χ3n) is 18.9. The number of pyridine rings is 5. The standard InChI is InChI=1S/2C15H19NO2S.C13H18NO12P3S2.C13H15NO3S2.C8H7NOS.C7H13ClO/c2*1-4-12-9(2)7-13(18-12)16-6-5-11-8-10(3)19-14(11)15(16)17;1-7-4-8-2-3-14(13(30)12(8)31-7)11-5-9(15)10(24-11)6-23-28(19,20)26-29(21,22)25-27(16,17)18;1-7-4-8-2-3-14(13(18)12(8)19-7)11-5-9(16)10(6-15)17-11;1-5-4-6-2-3-9-8(10)7(6)11-5;1-3-6-5(2)4-7(8)9-6/h2*5-6,8-9,12-13H,4,7H2,1-3H3;2-4,9-11,15H,5-6H2,1H3,(H,19,20)(H,21,22)(H2,16,17,18);2-4,9-11,15-16H,5-6H2,1H3;2-4H,1H3,(H,9,10);5-7H,3-4H2,1-2H3/t2*9-,12-,13-;2*9-,10-,11-;;5-,6-,7?/m1111.1/s1. The molecular formula is C71H91ClN5O21P3S7. The quantitative estimate of drug-likeness (QED) is 0.0268. The van der Waals surface area contributed by atoms with E-state index in [0.717, 1.165) is 98.5 Å². The molecule has 0 spiro atoms. The third-order valence-corrected chi connectivity index (χ3v) is 29.4. The summed E-state index contributed by atoms with van der Waals surface area (Å²) in [5, 5.41) is 34.4. The van der Waals surface area contributed by atoms with E-state index >= 15 is 0 Å². The summed E-state index contributed by atoms with van der Waals surface area (Å²) < 4.78 is 87.0. The van der Waals surface area contributed by atoms with Crippen molar-refractivity contribution in [1.82, 2.24) is 23.3 Å². The summed E-state index contributed by atoms with van der Waals surface area (Å²) in [4.78, 5) is 80.4. The number of aliphatic hydroxyl groups is 3. The van der Waals surface area contributed by atoms with Gasteiger partial charge >= 0.3 is 23.5 Å². The van der Waals surface area contributed by atoms with E-state index in [9.17, 15) is 43.2 Å².